The van der Waals surface area contributed by atoms with Gasteiger partial charge in [0.15, 0.2) is 11.4 Å². The molecular formula is C23H17N17S2. The average Bonchev–Trinajstić information content (AvgIpc) is 3.89. The highest BCUT2D eigenvalue weighted by atomic mass is 32.1. The van der Waals surface area contributed by atoms with E-state index in [9.17, 15) is 0 Å². The summed E-state index contributed by atoms with van der Waals surface area (Å²) in [5.74, 6) is 1.40. The first-order chi connectivity index (χ1) is 20.9. The summed E-state index contributed by atoms with van der Waals surface area (Å²) in [4.78, 5) is 19.3. The van der Waals surface area contributed by atoms with Crippen molar-refractivity contribution in [1.82, 2.24) is 75.8 Å². The zero-order valence-electron chi connectivity index (χ0n) is 21.2. The van der Waals surface area contributed by atoms with Crippen molar-refractivity contribution in [1.29, 1.82) is 0 Å². The molecule has 3 unspecified atom stereocenters. The maximum absolute atomic E-state index is 4.97. The standard InChI is InChI=1S/C23H17N17S2/c1-2-5-25-14(3-1)22(21-27-9-10-41-21)19(20-33-36-37-34-20)39(18-13-42-38-32-18)40(17-4-6-28-31-17)23(22,16-12-29-35-30-16)15-11-24-7-8-26-15/h1-13,19H,(H,28,31)(H,29,30,35)(H,33,34,36,37). The number of aromatic amines is 3. The number of pyridine rings is 1. The zero-order chi connectivity index (χ0) is 28.0. The topological polar surface area (TPSA) is 209 Å². The van der Waals surface area contributed by atoms with E-state index in [4.69, 9.17) is 20.1 Å². The molecule has 0 amide bonds. The summed E-state index contributed by atoms with van der Waals surface area (Å²) in [5, 5.41) is 47.7. The van der Waals surface area contributed by atoms with E-state index in [-0.39, 0.29) is 0 Å². The highest BCUT2D eigenvalue weighted by molar-refractivity contribution is 7.09. The van der Waals surface area contributed by atoms with Crippen LogP contribution < -0.4 is 10.0 Å². The number of hydrogen-bond donors (Lipinski definition) is 3. The second kappa shape index (κ2) is 9.52. The Kier molecular flexibility index (Phi) is 5.50. The third-order valence-corrected chi connectivity index (χ3v) is 8.62. The van der Waals surface area contributed by atoms with E-state index in [0.29, 0.717) is 39.5 Å². The molecule has 206 valence electrons. The molecular weight excluding hydrogens is 579 g/mol. The molecule has 1 fully saturated rings. The Morgan fingerprint density at radius 3 is 2.48 bits per heavy atom. The molecule has 0 aliphatic carbocycles. The minimum absolute atomic E-state index is 0.336. The third-order valence-electron chi connectivity index (χ3n) is 7.22. The number of hydrogen-bond acceptors (Lipinski definition) is 16. The Bertz CT molecular complexity index is 1720. The summed E-state index contributed by atoms with van der Waals surface area (Å²) in [6.07, 6.45) is 11.7. The summed E-state index contributed by atoms with van der Waals surface area (Å²) in [7, 11) is 0. The number of rotatable bonds is 7. The largest absolute Gasteiger partial charge is 0.262 e. The van der Waals surface area contributed by atoms with Crippen molar-refractivity contribution in [3.63, 3.8) is 0 Å². The molecule has 7 aromatic heterocycles. The maximum Gasteiger partial charge on any atom is 0.200 e. The zero-order valence-corrected chi connectivity index (χ0v) is 22.8. The second-order valence-electron chi connectivity index (χ2n) is 9.05. The van der Waals surface area contributed by atoms with Crippen LogP contribution in [0, 0.1) is 0 Å². The van der Waals surface area contributed by atoms with Crippen molar-refractivity contribution in [2.24, 2.45) is 0 Å². The Balaban J connectivity index is 1.65. The minimum atomic E-state index is -1.41. The van der Waals surface area contributed by atoms with Crippen LogP contribution in [0.4, 0.5) is 11.6 Å². The Morgan fingerprint density at radius 2 is 1.81 bits per heavy atom. The highest BCUT2D eigenvalue weighted by Crippen LogP contribution is 2.67. The average molecular weight is 596 g/mol. The molecule has 0 saturated carbocycles. The van der Waals surface area contributed by atoms with Crippen molar-refractivity contribution in [3.8, 4) is 0 Å². The molecule has 0 radical (unpaired) electrons. The fourth-order valence-corrected chi connectivity index (χ4v) is 7.26. The van der Waals surface area contributed by atoms with E-state index < -0.39 is 17.0 Å². The van der Waals surface area contributed by atoms with Crippen LogP contribution in [0.2, 0.25) is 0 Å². The Labute approximate surface area is 243 Å². The number of nitrogens with zero attached hydrogens (tertiary/aromatic N) is 14. The molecule has 3 atom stereocenters. The van der Waals surface area contributed by atoms with Gasteiger partial charge in [-0.25, -0.2) is 9.99 Å². The predicted molar refractivity (Wildman–Crippen MR) is 147 cm³/mol. The van der Waals surface area contributed by atoms with Crippen LogP contribution in [0.3, 0.4) is 0 Å². The fraction of sp³-hybridized carbons (Fsp3) is 0.130. The lowest BCUT2D eigenvalue weighted by molar-refractivity contribution is 0.304. The molecule has 8 rings (SSSR count). The van der Waals surface area contributed by atoms with Gasteiger partial charge in [0.05, 0.1) is 35.4 Å². The Hall–Kier alpha value is -5.56. The SMILES string of the molecule is c1ccc(C2(c3nccs3)C(c3nn[nH]n3)N(c3csnn3)N(c3ccn[nH]3)C2(c2cnccn2)c2cn[nH]n2)nc1. The quantitative estimate of drug-likeness (QED) is 0.238. The predicted octanol–water partition coefficient (Wildman–Crippen LogP) is 1.45. The third kappa shape index (κ3) is 3.16. The fourth-order valence-electron chi connectivity index (χ4n) is 5.91. The van der Waals surface area contributed by atoms with E-state index >= 15 is 0 Å². The molecule has 17 nitrogen and oxygen atoms in total. The van der Waals surface area contributed by atoms with Gasteiger partial charge in [0.1, 0.15) is 28.0 Å². The maximum atomic E-state index is 4.97. The van der Waals surface area contributed by atoms with Gasteiger partial charge in [-0.05, 0) is 23.7 Å². The van der Waals surface area contributed by atoms with Crippen molar-refractivity contribution in [3.05, 3.63) is 106 Å². The van der Waals surface area contributed by atoms with Crippen LogP contribution >= 0.6 is 22.9 Å². The van der Waals surface area contributed by atoms with Gasteiger partial charge in [-0.15, -0.1) is 26.6 Å². The molecule has 1 aliphatic heterocycles. The van der Waals surface area contributed by atoms with Crippen molar-refractivity contribution < 1.29 is 0 Å². The lowest BCUT2D eigenvalue weighted by Crippen LogP contribution is -2.58. The van der Waals surface area contributed by atoms with Crippen molar-refractivity contribution >= 4 is 34.5 Å². The van der Waals surface area contributed by atoms with E-state index in [1.807, 2.05) is 45.0 Å². The second-order valence-corrected chi connectivity index (χ2v) is 10.6. The molecule has 0 spiro atoms. The van der Waals surface area contributed by atoms with E-state index in [0.717, 1.165) is 0 Å². The van der Waals surface area contributed by atoms with E-state index in [2.05, 4.69) is 55.7 Å². The van der Waals surface area contributed by atoms with Crippen LogP contribution in [0.25, 0.3) is 0 Å². The highest BCUT2D eigenvalue weighted by Gasteiger charge is 2.77. The van der Waals surface area contributed by atoms with Gasteiger partial charge < -0.3 is 0 Å². The molecule has 8 heterocycles. The molecule has 7 aromatic rings. The van der Waals surface area contributed by atoms with E-state index in [1.54, 1.807) is 43.4 Å². The Morgan fingerprint density at radius 1 is 0.833 bits per heavy atom. The van der Waals surface area contributed by atoms with Gasteiger partial charge in [0.25, 0.3) is 0 Å². The monoisotopic (exact) mass is 595 g/mol. The van der Waals surface area contributed by atoms with Crippen molar-refractivity contribution in [2.75, 3.05) is 10.0 Å². The summed E-state index contributed by atoms with van der Waals surface area (Å²) >= 11 is 2.65. The normalized spacial score (nSPS) is 22.1. The summed E-state index contributed by atoms with van der Waals surface area (Å²) in [5.41, 5.74) is -1.10. The molecule has 1 saturated heterocycles. The molecule has 42 heavy (non-hydrogen) atoms. The molecule has 19 heteroatoms. The number of H-pyrrole nitrogens is 3. The van der Waals surface area contributed by atoms with Gasteiger partial charge >= 0.3 is 0 Å². The number of hydrazine groups is 1. The number of nitrogens with one attached hydrogen (secondary N) is 3. The molecule has 3 N–H and O–H groups in total. The van der Waals surface area contributed by atoms with Gasteiger partial charge in [0.2, 0.25) is 5.82 Å². The summed E-state index contributed by atoms with van der Waals surface area (Å²) in [6.45, 7) is 0. The van der Waals surface area contributed by atoms with Gasteiger partial charge in [0, 0.05) is 36.2 Å². The van der Waals surface area contributed by atoms with Crippen LogP contribution in [0.1, 0.15) is 34.0 Å². The smallest absolute Gasteiger partial charge is 0.200 e. The van der Waals surface area contributed by atoms with Crippen molar-refractivity contribution in [2.45, 2.75) is 17.0 Å². The van der Waals surface area contributed by atoms with Crippen LogP contribution in [0.5, 0.6) is 0 Å². The molecule has 1 aliphatic rings. The summed E-state index contributed by atoms with van der Waals surface area (Å²) in [6, 6.07) is 6.74. The first-order valence-electron chi connectivity index (χ1n) is 12.4. The number of aromatic nitrogens is 15. The minimum Gasteiger partial charge on any atom is -0.262 e. The van der Waals surface area contributed by atoms with E-state index in [1.165, 1.54) is 22.9 Å². The molecule has 0 bridgehead atoms. The van der Waals surface area contributed by atoms with Crippen LogP contribution in [0.15, 0.2) is 78.4 Å². The number of tetrazole rings is 1. The first-order valence-corrected chi connectivity index (χ1v) is 14.1. The molecule has 0 aromatic carbocycles. The van der Waals surface area contributed by atoms with Gasteiger partial charge in [-0.3, -0.25) is 25.1 Å². The summed E-state index contributed by atoms with van der Waals surface area (Å²) < 4.78 is 4.21. The van der Waals surface area contributed by atoms with Crippen LogP contribution in [-0.4, -0.2) is 75.8 Å². The number of anilines is 2. The van der Waals surface area contributed by atoms with Crippen LogP contribution in [-0.2, 0) is 11.0 Å². The lowest BCUT2D eigenvalue weighted by atomic mass is 9.61. The van der Waals surface area contributed by atoms with Gasteiger partial charge in [-0.1, -0.05) is 15.8 Å². The lowest BCUT2D eigenvalue weighted by Gasteiger charge is -2.45. The first kappa shape index (κ1) is 24.3. The van der Waals surface area contributed by atoms with Gasteiger partial charge in [-0.2, -0.15) is 25.7 Å². The number of thiazole rings is 1.